The predicted molar refractivity (Wildman–Crippen MR) is 27.1 cm³/mol. The van der Waals surface area contributed by atoms with E-state index >= 15 is 0 Å². The summed E-state index contributed by atoms with van der Waals surface area (Å²) in [6.45, 7) is 1.94. The molecule has 0 aromatic rings. The Balaban J connectivity index is -0.0000000112. The van der Waals surface area contributed by atoms with Crippen molar-refractivity contribution in [2.75, 3.05) is 0 Å². The van der Waals surface area contributed by atoms with Gasteiger partial charge in [-0.2, -0.15) is 0 Å². The minimum atomic E-state index is -1.08. The van der Waals surface area contributed by atoms with Crippen molar-refractivity contribution in [1.29, 1.82) is 0 Å². The van der Waals surface area contributed by atoms with Crippen LogP contribution >= 0.6 is 0 Å². The van der Waals surface area contributed by atoms with Gasteiger partial charge in [0.25, 0.3) is 0 Å². The average molecular weight is 597 g/mol. The Morgan fingerprint density at radius 2 is 0.917 bits per heavy atom. The van der Waals surface area contributed by atoms with Crippen LogP contribution in [0.25, 0.3) is 0 Å². The third-order valence-corrected chi connectivity index (χ3v) is 0. The summed E-state index contributed by atoms with van der Waals surface area (Å²) >= 11 is 0. The third-order valence-electron chi connectivity index (χ3n) is 0. The Bertz CT molecular complexity index is 83.1. The van der Waals surface area contributed by atoms with Gasteiger partial charge in [0.1, 0.15) is 0 Å². The zero-order chi connectivity index (χ0) is 7.15. The maximum atomic E-state index is 8.89. The second kappa shape index (κ2) is 29.4. The van der Waals surface area contributed by atoms with Crippen molar-refractivity contribution in [1.82, 2.24) is 0 Å². The van der Waals surface area contributed by atoms with Gasteiger partial charge in [-0.05, 0) is 13.8 Å². The van der Waals surface area contributed by atoms with Crippen LogP contribution in [0.3, 0.4) is 0 Å². The Hall–Kier alpha value is 1.38. The van der Waals surface area contributed by atoms with Crippen molar-refractivity contribution in [2.24, 2.45) is 0 Å². The van der Waals surface area contributed by atoms with Crippen LogP contribution < -0.4 is 35.0 Å². The van der Waals surface area contributed by atoms with Crippen LogP contribution in [0.2, 0.25) is 0 Å². The quantitative estimate of drug-likeness (QED) is 0.261. The zero-order valence-electron chi connectivity index (χ0n) is 6.60. The van der Waals surface area contributed by atoms with Gasteiger partial charge >= 0.3 is 55.0 Å². The normalized spacial score (nSPS) is 4.17. The van der Waals surface area contributed by atoms with Crippen molar-refractivity contribution in [3.63, 3.8) is 0 Å². The fourth-order valence-electron chi connectivity index (χ4n) is 0. The van der Waals surface area contributed by atoms with Gasteiger partial charge < -0.3 is 44.6 Å². The van der Waals surface area contributed by atoms with Crippen molar-refractivity contribution in [2.45, 2.75) is 13.8 Å². The summed E-state index contributed by atoms with van der Waals surface area (Å²) in [5, 5.41) is 17.8. The van der Waals surface area contributed by atoms with Crippen LogP contribution in [0.4, 0.5) is 0 Å². The van der Waals surface area contributed by atoms with E-state index in [9.17, 15) is 0 Å². The number of halogens is 2. The number of hydrogen-bond acceptors (Lipinski definition) is 4. The van der Waals surface area contributed by atoms with Gasteiger partial charge in [0.05, 0.1) is 0 Å². The Morgan fingerprint density at radius 1 is 0.917 bits per heavy atom. The number of hydrogen-bond donors (Lipinski definition) is 0. The summed E-state index contributed by atoms with van der Waals surface area (Å²) in [4.78, 5) is 17.8. The first-order chi connectivity index (χ1) is 3.46. The van der Waals surface area contributed by atoms with Gasteiger partial charge in [0.15, 0.2) is 0 Å². The molecular weight excluding hydrogens is 591 g/mol. The molecule has 0 aliphatic rings. The van der Waals surface area contributed by atoms with E-state index in [0.29, 0.717) is 0 Å². The summed E-state index contributed by atoms with van der Waals surface area (Å²) in [7, 11) is 0. The monoisotopic (exact) mass is 598 g/mol. The maximum absolute atomic E-state index is 8.89. The molecule has 0 unspecified atom stereocenters. The molecule has 0 amide bonds. The van der Waals surface area contributed by atoms with Crippen molar-refractivity contribution in [3.05, 3.63) is 0 Å². The first kappa shape index (κ1) is 37.7. The molecule has 66 valence electrons. The summed E-state index contributed by atoms with van der Waals surface area (Å²) in [6, 6.07) is 0. The van der Waals surface area contributed by atoms with Crippen LogP contribution in [-0.2, 0) is 37.3 Å². The van der Waals surface area contributed by atoms with Gasteiger partial charge in [-0.1, -0.05) is 0 Å². The van der Waals surface area contributed by atoms with Crippen LogP contribution in [0.5, 0.6) is 0 Å². The minimum Gasteiger partial charge on any atom is -1.00 e. The van der Waals surface area contributed by atoms with Crippen LogP contribution in [0.1, 0.15) is 13.8 Å². The number of carbonyl (C=O) groups excluding carboxylic acids is 2. The fraction of sp³-hybridized carbons (Fsp3) is 0.500. The SMILES string of the molecule is CC(=O)[O-].CC(=O)[O-].[Cl-].[Cl-].[Hg+2].[Pb+2]. The van der Waals surface area contributed by atoms with E-state index in [-0.39, 0.29) is 79.8 Å². The summed E-state index contributed by atoms with van der Waals surface area (Å²) in [5.41, 5.74) is 0. The first-order valence-electron chi connectivity index (χ1n) is 1.82. The average Bonchev–Trinajstić information content (AvgIpc) is 1.25. The molecule has 0 heterocycles. The first-order valence-corrected chi connectivity index (χ1v) is 1.82. The van der Waals surface area contributed by atoms with E-state index in [0.717, 1.165) is 13.8 Å². The molecule has 0 aliphatic heterocycles. The van der Waals surface area contributed by atoms with Gasteiger partial charge in [0.2, 0.25) is 0 Å². The van der Waals surface area contributed by atoms with E-state index in [1.807, 2.05) is 0 Å². The zero-order valence-corrected chi connectivity index (χ0v) is 17.5. The summed E-state index contributed by atoms with van der Waals surface area (Å²) < 4.78 is 0. The molecule has 0 atom stereocenters. The summed E-state index contributed by atoms with van der Waals surface area (Å²) in [5.74, 6) is -2.17. The molecule has 8 heteroatoms. The van der Waals surface area contributed by atoms with E-state index in [2.05, 4.69) is 0 Å². The minimum absolute atomic E-state index is 0. The Labute approximate surface area is 124 Å². The van der Waals surface area contributed by atoms with E-state index in [1.54, 1.807) is 0 Å². The Morgan fingerprint density at radius 3 is 0.917 bits per heavy atom. The number of carboxylic acids is 2. The molecule has 0 aromatic carbocycles. The fourth-order valence-corrected chi connectivity index (χ4v) is 0. The van der Waals surface area contributed by atoms with Gasteiger partial charge in [-0.15, -0.1) is 0 Å². The van der Waals surface area contributed by atoms with Crippen molar-refractivity contribution in [3.8, 4) is 0 Å². The second-order valence-electron chi connectivity index (χ2n) is 0.983. The topological polar surface area (TPSA) is 80.3 Å². The molecule has 0 N–H and O–H groups in total. The van der Waals surface area contributed by atoms with Gasteiger partial charge in [-0.3, -0.25) is 0 Å². The maximum Gasteiger partial charge on any atom is 2.00 e. The molecular formula is C4H6Cl2HgO4Pb. The summed E-state index contributed by atoms with van der Waals surface area (Å²) in [6.07, 6.45) is 0. The molecule has 4 nitrogen and oxygen atoms in total. The van der Waals surface area contributed by atoms with Crippen molar-refractivity contribution >= 4 is 39.2 Å². The molecule has 0 aliphatic carbocycles. The molecule has 2 radical (unpaired) electrons. The molecule has 0 fully saturated rings. The second-order valence-corrected chi connectivity index (χ2v) is 0.983. The third kappa shape index (κ3) is 646. The van der Waals surface area contributed by atoms with E-state index in [4.69, 9.17) is 19.8 Å². The predicted octanol–water partition coefficient (Wildman–Crippen LogP) is -8.86. The molecule has 0 saturated heterocycles. The molecule has 0 rings (SSSR count). The molecule has 12 heavy (non-hydrogen) atoms. The van der Waals surface area contributed by atoms with E-state index < -0.39 is 11.9 Å². The molecule has 0 bridgehead atoms. The van der Waals surface area contributed by atoms with Crippen LogP contribution in [0, 0.1) is 0 Å². The van der Waals surface area contributed by atoms with Crippen molar-refractivity contribution < 1.29 is 72.3 Å². The number of rotatable bonds is 0. The van der Waals surface area contributed by atoms with E-state index in [1.165, 1.54) is 0 Å². The number of aliphatic carboxylic acids is 2. The number of carbonyl (C=O) groups is 2. The number of carboxylic acid groups (broad SMARTS) is 2. The van der Waals surface area contributed by atoms with Crippen LogP contribution in [-0.4, -0.2) is 39.2 Å². The standard InChI is InChI=1S/2C2H4O2.2ClH.Hg.Pb/c2*1-2(3)4;;;;/h2*1H3,(H,3,4);2*1H;;/q;;;;2*+2/p-4. The Kier molecular flexibility index (Phi) is 92.4. The molecule has 0 spiro atoms. The molecule has 0 aromatic heterocycles. The van der Waals surface area contributed by atoms with Crippen LogP contribution in [0.15, 0.2) is 0 Å². The smallest absolute Gasteiger partial charge is 1.00 e. The molecule has 0 saturated carbocycles. The largest absolute Gasteiger partial charge is 2.00 e. The van der Waals surface area contributed by atoms with Gasteiger partial charge in [0, 0.05) is 11.9 Å². The van der Waals surface area contributed by atoms with Gasteiger partial charge in [-0.25, -0.2) is 0 Å².